The molecule has 3 atom stereocenters. The van der Waals surface area contributed by atoms with Gasteiger partial charge in [0.1, 0.15) is 0 Å². The van der Waals surface area contributed by atoms with E-state index in [4.69, 9.17) is 0 Å². The van der Waals surface area contributed by atoms with Gasteiger partial charge in [-0.2, -0.15) is 0 Å². The predicted molar refractivity (Wildman–Crippen MR) is 80.2 cm³/mol. The summed E-state index contributed by atoms with van der Waals surface area (Å²) in [5.41, 5.74) is 2.42. The van der Waals surface area contributed by atoms with Gasteiger partial charge in [0.25, 0.3) is 0 Å². The molecule has 0 N–H and O–H groups in total. The Morgan fingerprint density at radius 2 is 1.53 bits per heavy atom. The van der Waals surface area contributed by atoms with Crippen molar-refractivity contribution in [2.45, 2.75) is 84.5 Å². The highest BCUT2D eigenvalue weighted by atomic mass is 28.3. The fourth-order valence-corrected chi connectivity index (χ4v) is 10.9. The van der Waals surface area contributed by atoms with Gasteiger partial charge in [0, 0.05) is 0 Å². The summed E-state index contributed by atoms with van der Waals surface area (Å²) in [6, 6.07) is 4.56. The fraction of sp³-hybridized carbons (Fsp3) is 1.00. The maximum atomic E-state index is 2.59. The SMILES string of the molecule is CC[Si](CC)(CC)C1CC2(C)CCC1C2(C)C. The van der Waals surface area contributed by atoms with Crippen LogP contribution in [0, 0.1) is 16.7 Å². The van der Waals surface area contributed by atoms with Crippen LogP contribution < -0.4 is 0 Å². The zero-order valence-corrected chi connectivity index (χ0v) is 13.9. The zero-order chi connectivity index (χ0) is 12.9. The Morgan fingerprint density at radius 3 is 1.82 bits per heavy atom. The monoisotopic (exact) mass is 252 g/mol. The highest BCUT2D eigenvalue weighted by molar-refractivity contribution is 6.81. The minimum Gasteiger partial charge on any atom is -0.0678 e. The van der Waals surface area contributed by atoms with E-state index in [0.29, 0.717) is 10.8 Å². The molecule has 0 aromatic carbocycles. The van der Waals surface area contributed by atoms with E-state index in [9.17, 15) is 0 Å². The quantitative estimate of drug-likeness (QED) is 0.562. The lowest BCUT2D eigenvalue weighted by Gasteiger charge is -2.41. The van der Waals surface area contributed by atoms with Gasteiger partial charge in [-0.15, -0.1) is 0 Å². The van der Waals surface area contributed by atoms with Crippen molar-refractivity contribution in [1.29, 1.82) is 0 Å². The Morgan fingerprint density at radius 1 is 1.00 bits per heavy atom. The maximum absolute atomic E-state index is 2.59. The Kier molecular flexibility index (Phi) is 3.30. The lowest BCUT2D eigenvalue weighted by molar-refractivity contribution is 0.152. The molecule has 3 unspecified atom stereocenters. The minimum absolute atomic E-state index is 0.620. The first-order valence-corrected chi connectivity index (χ1v) is 10.6. The normalized spacial score (nSPS) is 39.9. The second-order valence-electron chi connectivity index (χ2n) is 7.66. The maximum Gasteiger partial charge on any atom is 0.0561 e. The van der Waals surface area contributed by atoms with E-state index in [1.807, 2.05) is 0 Å². The molecule has 1 heteroatoms. The van der Waals surface area contributed by atoms with Crippen molar-refractivity contribution in [2.75, 3.05) is 0 Å². The van der Waals surface area contributed by atoms with Crippen molar-refractivity contribution in [1.82, 2.24) is 0 Å². The van der Waals surface area contributed by atoms with Gasteiger partial charge >= 0.3 is 0 Å². The van der Waals surface area contributed by atoms with Crippen LogP contribution in [0.3, 0.4) is 0 Å². The summed E-state index contributed by atoms with van der Waals surface area (Å²) in [4.78, 5) is 0. The minimum atomic E-state index is -0.974. The van der Waals surface area contributed by atoms with Crippen molar-refractivity contribution in [2.24, 2.45) is 16.7 Å². The molecule has 0 aromatic rings. The molecule has 0 amide bonds. The Balaban J connectivity index is 2.32. The van der Waals surface area contributed by atoms with Gasteiger partial charge in [-0.05, 0) is 41.6 Å². The van der Waals surface area contributed by atoms with Gasteiger partial charge in [-0.3, -0.25) is 0 Å². The van der Waals surface area contributed by atoms with Gasteiger partial charge in [0.05, 0.1) is 8.07 Å². The van der Waals surface area contributed by atoms with Crippen molar-refractivity contribution < 1.29 is 0 Å². The van der Waals surface area contributed by atoms with E-state index in [1.54, 1.807) is 6.42 Å². The molecule has 0 spiro atoms. The molecule has 2 fully saturated rings. The molecule has 0 aliphatic heterocycles. The van der Waals surface area contributed by atoms with Crippen LogP contribution in [0.2, 0.25) is 23.7 Å². The predicted octanol–water partition coefficient (Wildman–Crippen LogP) is 5.71. The summed E-state index contributed by atoms with van der Waals surface area (Å²) in [5, 5.41) is 0. The third-order valence-electron chi connectivity index (χ3n) is 7.54. The van der Waals surface area contributed by atoms with Crippen molar-refractivity contribution in [3.05, 3.63) is 0 Å². The number of rotatable bonds is 4. The van der Waals surface area contributed by atoms with Crippen molar-refractivity contribution in [3.63, 3.8) is 0 Å². The summed E-state index contributed by atoms with van der Waals surface area (Å²) in [7, 11) is -0.974. The van der Waals surface area contributed by atoms with Gasteiger partial charge < -0.3 is 0 Å². The first kappa shape index (κ1) is 13.6. The molecule has 0 aromatic heterocycles. The van der Waals surface area contributed by atoms with Crippen LogP contribution in [0.25, 0.3) is 0 Å². The van der Waals surface area contributed by atoms with Gasteiger partial charge in [-0.1, -0.05) is 59.7 Å². The molecule has 0 heterocycles. The number of hydrogen-bond acceptors (Lipinski definition) is 0. The largest absolute Gasteiger partial charge is 0.0678 e. The summed E-state index contributed by atoms with van der Waals surface area (Å²) in [6.07, 6.45) is 4.60. The Bertz CT molecular complexity index is 279. The topological polar surface area (TPSA) is 0 Å². The van der Waals surface area contributed by atoms with E-state index in [1.165, 1.54) is 31.0 Å². The lowest BCUT2D eigenvalue weighted by atomic mass is 9.71. The molecule has 2 aliphatic rings. The van der Waals surface area contributed by atoms with E-state index in [0.717, 1.165) is 11.5 Å². The smallest absolute Gasteiger partial charge is 0.0561 e. The van der Waals surface area contributed by atoms with Crippen molar-refractivity contribution in [3.8, 4) is 0 Å². The average molecular weight is 253 g/mol. The van der Waals surface area contributed by atoms with Crippen LogP contribution in [0.15, 0.2) is 0 Å². The van der Waals surface area contributed by atoms with E-state index >= 15 is 0 Å². The molecular weight excluding hydrogens is 220 g/mol. The molecule has 2 saturated carbocycles. The first-order chi connectivity index (χ1) is 7.87. The molecule has 0 radical (unpaired) electrons. The Labute approximate surface area is 110 Å². The molecule has 2 bridgehead atoms. The van der Waals surface area contributed by atoms with Crippen LogP contribution in [0.5, 0.6) is 0 Å². The molecule has 0 nitrogen and oxygen atoms in total. The fourth-order valence-electron chi connectivity index (χ4n) is 5.48. The summed E-state index contributed by atoms with van der Waals surface area (Å²) in [5.74, 6) is 1.05. The molecule has 2 rings (SSSR count). The third-order valence-corrected chi connectivity index (χ3v) is 13.9. The molecule has 100 valence electrons. The molecule has 2 aliphatic carbocycles. The van der Waals surface area contributed by atoms with E-state index < -0.39 is 8.07 Å². The molecule has 17 heavy (non-hydrogen) atoms. The summed E-state index contributed by atoms with van der Waals surface area (Å²) >= 11 is 0. The van der Waals surface area contributed by atoms with E-state index in [-0.39, 0.29) is 0 Å². The average Bonchev–Trinajstić information content (AvgIpc) is 2.64. The third kappa shape index (κ3) is 1.60. The van der Waals surface area contributed by atoms with Crippen molar-refractivity contribution >= 4 is 8.07 Å². The number of fused-ring (bicyclic) bond motifs is 2. The van der Waals surface area contributed by atoms with Crippen LogP contribution in [0.4, 0.5) is 0 Å². The first-order valence-electron chi connectivity index (χ1n) is 7.87. The molecular formula is C16H32Si. The van der Waals surface area contributed by atoms with Gasteiger partial charge in [0.2, 0.25) is 0 Å². The highest BCUT2D eigenvalue weighted by Crippen LogP contribution is 2.72. The number of hydrogen-bond donors (Lipinski definition) is 0. The second kappa shape index (κ2) is 4.11. The van der Waals surface area contributed by atoms with Gasteiger partial charge in [-0.25, -0.2) is 0 Å². The standard InChI is InChI=1S/C16H32Si/c1-7-17(8-2,9-3)14-12-16(6)11-10-13(14)15(16,4)5/h13-14H,7-12H2,1-6H3. The van der Waals surface area contributed by atoms with Crippen LogP contribution in [0.1, 0.15) is 60.8 Å². The summed E-state index contributed by atoms with van der Waals surface area (Å²) < 4.78 is 0. The van der Waals surface area contributed by atoms with Gasteiger partial charge in [0.15, 0.2) is 0 Å². The van der Waals surface area contributed by atoms with Crippen LogP contribution in [-0.2, 0) is 0 Å². The zero-order valence-electron chi connectivity index (χ0n) is 12.9. The second-order valence-corrected chi connectivity index (χ2v) is 13.2. The van der Waals surface area contributed by atoms with Crippen LogP contribution in [-0.4, -0.2) is 8.07 Å². The van der Waals surface area contributed by atoms with E-state index in [2.05, 4.69) is 41.5 Å². The Hall–Kier alpha value is 0.217. The lowest BCUT2D eigenvalue weighted by Crippen LogP contribution is -2.41. The highest BCUT2D eigenvalue weighted by Gasteiger charge is 2.63. The molecule has 0 saturated heterocycles. The van der Waals surface area contributed by atoms with Crippen LogP contribution >= 0.6 is 0 Å². The summed E-state index contributed by atoms with van der Waals surface area (Å²) in [6.45, 7) is 15.2.